The smallest absolute Gasteiger partial charge is 0.126 e. The molecule has 0 bridgehead atoms. The van der Waals surface area contributed by atoms with Crippen molar-refractivity contribution in [2.24, 2.45) is 0 Å². The topological polar surface area (TPSA) is 47.3 Å². The Balaban J connectivity index is 2.30. The second kappa shape index (κ2) is 4.96. The van der Waals surface area contributed by atoms with Crippen molar-refractivity contribution in [1.29, 1.82) is 0 Å². The SMILES string of the molecule is COc1ccc(N)c(Nc2ccc(F)c(C)c2)c1. The first-order valence-electron chi connectivity index (χ1n) is 5.57. The maximum absolute atomic E-state index is 13.2. The zero-order valence-corrected chi connectivity index (χ0v) is 10.3. The van der Waals surface area contributed by atoms with E-state index in [4.69, 9.17) is 10.5 Å². The Morgan fingerprint density at radius 2 is 1.94 bits per heavy atom. The van der Waals surface area contributed by atoms with Crippen molar-refractivity contribution in [3.63, 3.8) is 0 Å². The van der Waals surface area contributed by atoms with Gasteiger partial charge in [-0.05, 0) is 42.8 Å². The summed E-state index contributed by atoms with van der Waals surface area (Å²) in [5.41, 5.74) is 8.58. The average Bonchev–Trinajstić information content (AvgIpc) is 2.36. The van der Waals surface area contributed by atoms with E-state index in [9.17, 15) is 4.39 Å². The summed E-state index contributed by atoms with van der Waals surface area (Å²) >= 11 is 0. The highest BCUT2D eigenvalue weighted by atomic mass is 19.1. The molecule has 0 heterocycles. The Kier molecular flexibility index (Phi) is 3.37. The number of rotatable bonds is 3. The molecular formula is C14H15FN2O. The average molecular weight is 246 g/mol. The number of aryl methyl sites for hydroxylation is 1. The molecule has 0 amide bonds. The zero-order valence-electron chi connectivity index (χ0n) is 10.3. The largest absolute Gasteiger partial charge is 0.497 e. The molecule has 0 aliphatic carbocycles. The van der Waals surface area contributed by atoms with E-state index in [0.29, 0.717) is 17.0 Å². The predicted molar refractivity (Wildman–Crippen MR) is 71.8 cm³/mol. The molecule has 0 fully saturated rings. The van der Waals surface area contributed by atoms with Gasteiger partial charge in [-0.15, -0.1) is 0 Å². The summed E-state index contributed by atoms with van der Waals surface area (Å²) in [4.78, 5) is 0. The van der Waals surface area contributed by atoms with Crippen molar-refractivity contribution < 1.29 is 9.13 Å². The summed E-state index contributed by atoms with van der Waals surface area (Å²) in [5, 5.41) is 3.14. The molecule has 0 radical (unpaired) electrons. The van der Waals surface area contributed by atoms with Crippen LogP contribution in [0.4, 0.5) is 21.5 Å². The van der Waals surface area contributed by atoms with Gasteiger partial charge in [-0.25, -0.2) is 4.39 Å². The van der Waals surface area contributed by atoms with Crippen LogP contribution in [-0.2, 0) is 0 Å². The molecular weight excluding hydrogens is 231 g/mol. The molecule has 0 aliphatic rings. The quantitative estimate of drug-likeness (QED) is 0.815. The van der Waals surface area contributed by atoms with Crippen molar-refractivity contribution in [2.45, 2.75) is 6.92 Å². The Labute approximate surface area is 105 Å². The van der Waals surface area contributed by atoms with Crippen molar-refractivity contribution in [1.82, 2.24) is 0 Å². The van der Waals surface area contributed by atoms with Gasteiger partial charge in [0.1, 0.15) is 11.6 Å². The molecule has 94 valence electrons. The minimum absolute atomic E-state index is 0.223. The lowest BCUT2D eigenvalue weighted by atomic mass is 10.2. The molecule has 0 atom stereocenters. The van der Waals surface area contributed by atoms with Crippen molar-refractivity contribution in [3.05, 3.63) is 47.8 Å². The van der Waals surface area contributed by atoms with Crippen LogP contribution in [-0.4, -0.2) is 7.11 Å². The summed E-state index contributed by atoms with van der Waals surface area (Å²) in [6, 6.07) is 10.2. The molecule has 3 N–H and O–H groups in total. The molecule has 0 aliphatic heterocycles. The van der Waals surface area contributed by atoms with Crippen LogP contribution in [0.3, 0.4) is 0 Å². The monoisotopic (exact) mass is 246 g/mol. The molecule has 3 nitrogen and oxygen atoms in total. The van der Waals surface area contributed by atoms with E-state index in [1.54, 1.807) is 44.4 Å². The molecule has 2 aromatic carbocycles. The standard InChI is InChI=1S/C14H15FN2O/c1-9-7-10(3-5-12(9)15)17-14-8-11(18-2)4-6-13(14)16/h3-8,17H,16H2,1-2H3. The zero-order chi connectivity index (χ0) is 13.1. The van der Waals surface area contributed by atoms with Crippen molar-refractivity contribution in [3.8, 4) is 5.75 Å². The lowest BCUT2D eigenvalue weighted by Crippen LogP contribution is -1.97. The van der Waals surface area contributed by atoms with Gasteiger partial charge in [0.2, 0.25) is 0 Å². The van der Waals surface area contributed by atoms with E-state index in [-0.39, 0.29) is 5.82 Å². The van der Waals surface area contributed by atoms with Crippen LogP contribution in [0.25, 0.3) is 0 Å². The van der Waals surface area contributed by atoms with Gasteiger partial charge >= 0.3 is 0 Å². The van der Waals surface area contributed by atoms with Gasteiger partial charge < -0.3 is 15.8 Å². The first kappa shape index (κ1) is 12.2. The number of benzene rings is 2. The molecule has 4 heteroatoms. The van der Waals surface area contributed by atoms with E-state index in [2.05, 4.69) is 5.32 Å². The van der Waals surface area contributed by atoms with Gasteiger partial charge in [0, 0.05) is 11.8 Å². The van der Waals surface area contributed by atoms with Gasteiger partial charge in [0.25, 0.3) is 0 Å². The van der Waals surface area contributed by atoms with E-state index in [1.165, 1.54) is 6.07 Å². The first-order chi connectivity index (χ1) is 8.60. The van der Waals surface area contributed by atoms with E-state index in [0.717, 1.165) is 11.4 Å². The summed E-state index contributed by atoms with van der Waals surface area (Å²) in [5.74, 6) is 0.490. The predicted octanol–water partition coefficient (Wildman–Crippen LogP) is 3.47. The van der Waals surface area contributed by atoms with Gasteiger partial charge in [0.05, 0.1) is 18.5 Å². The van der Waals surface area contributed by atoms with E-state index < -0.39 is 0 Å². The Morgan fingerprint density at radius 1 is 1.17 bits per heavy atom. The number of hydrogen-bond donors (Lipinski definition) is 2. The summed E-state index contributed by atoms with van der Waals surface area (Å²) < 4.78 is 18.3. The normalized spacial score (nSPS) is 10.2. The minimum atomic E-state index is -0.223. The van der Waals surface area contributed by atoms with Crippen LogP contribution in [0.15, 0.2) is 36.4 Å². The summed E-state index contributed by atoms with van der Waals surface area (Å²) in [7, 11) is 1.59. The molecule has 0 saturated carbocycles. The number of nitrogens with one attached hydrogen (secondary N) is 1. The number of anilines is 3. The van der Waals surface area contributed by atoms with Crippen LogP contribution in [0.1, 0.15) is 5.56 Å². The number of halogens is 1. The van der Waals surface area contributed by atoms with Gasteiger partial charge in [-0.3, -0.25) is 0 Å². The minimum Gasteiger partial charge on any atom is -0.497 e. The fourth-order valence-electron chi connectivity index (χ4n) is 1.65. The van der Waals surface area contributed by atoms with Crippen molar-refractivity contribution >= 4 is 17.1 Å². The summed E-state index contributed by atoms with van der Waals surface area (Å²) in [6.07, 6.45) is 0. The lowest BCUT2D eigenvalue weighted by Gasteiger charge is -2.11. The number of nitrogens with two attached hydrogens (primary N) is 1. The van der Waals surface area contributed by atoms with E-state index >= 15 is 0 Å². The Morgan fingerprint density at radius 3 is 2.61 bits per heavy atom. The van der Waals surface area contributed by atoms with Crippen LogP contribution >= 0.6 is 0 Å². The highest BCUT2D eigenvalue weighted by Crippen LogP contribution is 2.28. The third-order valence-electron chi connectivity index (χ3n) is 2.70. The molecule has 0 unspecified atom stereocenters. The first-order valence-corrected chi connectivity index (χ1v) is 5.57. The van der Waals surface area contributed by atoms with Gasteiger partial charge in [0.15, 0.2) is 0 Å². The van der Waals surface area contributed by atoms with Crippen molar-refractivity contribution in [2.75, 3.05) is 18.2 Å². The highest BCUT2D eigenvalue weighted by molar-refractivity contribution is 5.74. The van der Waals surface area contributed by atoms with Gasteiger partial charge in [-0.1, -0.05) is 0 Å². The third-order valence-corrected chi connectivity index (χ3v) is 2.70. The molecule has 0 aromatic heterocycles. The Bertz CT molecular complexity index is 570. The second-order valence-corrected chi connectivity index (χ2v) is 4.04. The molecule has 0 spiro atoms. The number of hydrogen-bond acceptors (Lipinski definition) is 3. The number of methoxy groups -OCH3 is 1. The maximum atomic E-state index is 13.2. The van der Waals surface area contributed by atoms with Crippen LogP contribution in [0, 0.1) is 12.7 Å². The number of nitrogen functional groups attached to an aromatic ring is 1. The second-order valence-electron chi connectivity index (χ2n) is 4.04. The molecule has 2 aromatic rings. The molecule has 0 saturated heterocycles. The van der Waals surface area contributed by atoms with Gasteiger partial charge in [-0.2, -0.15) is 0 Å². The van der Waals surface area contributed by atoms with Crippen LogP contribution < -0.4 is 15.8 Å². The fourth-order valence-corrected chi connectivity index (χ4v) is 1.65. The number of ether oxygens (including phenoxy) is 1. The fraction of sp³-hybridized carbons (Fsp3) is 0.143. The molecule has 2 rings (SSSR count). The highest BCUT2D eigenvalue weighted by Gasteiger charge is 2.04. The lowest BCUT2D eigenvalue weighted by molar-refractivity contribution is 0.415. The Hall–Kier alpha value is -2.23. The van der Waals surface area contributed by atoms with Crippen LogP contribution in [0.5, 0.6) is 5.75 Å². The third kappa shape index (κ3) is 2.53. The van der Waals surface area contributed by atoms with Crippen LogP contribution in [0.2, 0.25) is 0 Å². The molecule has 18 heavy (non-hydrogen) atoms. The maximum Gasteiger partial charge on any atom is 0.126 e. The summed E-state index contributed by atoms with van der Waals surface area (Å²) in [6.45, 7) is 1.72. The van der Waals surface area contributed by atoms with E-state index in [1.807, 2.05) is 0 Å².